The van der Waals surface area contributed by atoms with E-state index in [1.165, 1.54) is 31.6 Å². The Hall–Kier alpha value is -4.75. The van der Waals surface area contributed by atoms with Gasteiger partial charge in [0.15, 0.2) is 0 Å². The van der Waals surface area contributed by atoms with Gasteiger partial charge in [-0.2, -0.15) is 4.39 Å². The Morgan fingerprint density at radius 1 is 1.18 bits per heavy atom. The third-order valence-electron chi connectivity index (χ3n) is 5.20. The van der Waals surface area contributed by atoms with Crippen molar-refractivity contribution in [1.82, 2.24) is 24.8 Å². The van der Waals surface area contributed by atoms with Gasteiger partial charge < -0.3 is 29.8 Å². The van der Waals surface area contributed by atoms with Crippen LogP contribution in [0.3, 0.4) is 0 Å². The molecule has 4 rings (SSSR count). The quantitative estimate of drug-likeness (QED) is 0.268. The summed E-state index contributed by atoms with van der Waals surface area (Å²) in [6, 6.07) is 7.97. The molecule has 12 nitrogen and oxygen atoms in total. The molecule has 14 heteroatoms. The number of nitrogens with zero attached hydrogens (tertiary/aromatic N) is 5. The number of ether oxygens (including phenoxy) is 2. The number of carbonyl (C=O) groups excluding carboxylic acids is 2. The summed E-state index contributed by atoms with van der Waals surface area (Å²) in [5.41, 5.74) is 1.45. The number of likely N-dealkylation sites (N-methyl/N-ethyl adjacent to an activating group) is 1. The maximum absolute atomic E-state index is 14.1. The van der Waals surface area contributed by atoms with Gasteiger partial charge in [0, 0.05) is 37.1 Å². The number of aromatic nitrogens is 4. The molecule has 1 amide bonds. The third-order valence-corrected chi connectivity index (χ3v) is 5.51. The minimum absolute atomic E-state index is 0.187. The number of fused-ring (bicyclic) bond motifs is 1. The molecule has 4 aromatic rings. The average Bonchev–Trinajstić information content (AvgIpc) is 3.22. The first-order valence-electron chi connectivity index (χ1n) is 11.8. The van der Waals surface area contributed by atoms with E-state index >= 15 is 0 Å². The molecule has 0 saturated carbocycles. The van der Waals surface area contributed by atoms with Gasteiger partial charge in [0.25, 0.3) is 5.88 Å². The molecule has 0 spiro atoms. The number of hydrogen-bond acceptors (Lipinski definition) is 10. The average molecular weight is 570 g/mol. The molecule has 2 heterocycles. The van der Waals surface area contributed by atoms with Gasteiger partial charge in [0.2, 0.25) is 11.7 Å². The monoisotopic (exact) mass is 569 g/mol. The van der Waals surface area contributed by atoms with Crippen LogP contribution < -0.4 is 24.9 Å². The van der Waals surface area contributed by atoms with Crippen molar-refractivity contribution in [1.29, 1.82) is 0 Å². The molecular formula is C26H25ClFN7O5. The van der Waals surface area contributed by atoms with E-state index in [1.54, 1.807) is 24.3 Å². The summed E-state index contributed by atoms with van der Waals surface area (Å²) in [6.45, 7) is 1.77. The molecule has 2 aromatic carbocycles. The number of halogens is 2. The Labute approximate surface area is 233 Å². The van der Waals surface area contributed by atoms with Crippen molar-refractivity contribution in [3.8, 4) is 17.4 Å². The predicted octanol–water partition coefficient (Wildman–Crippen LogP) is 4.19. The summed E-state index contributed by atoms with van der Waals surface area (Å²) in [5, 5.41) is 10.5. The van der Waals surface area contributed by atoms with Gasteiger partial charge in [-0.3, -0.25) is 4.79 Å². The number of amides is 1. The molecule has 0 radical (unpaired) electrons. The Morgan fingerprint density at radius 2 is 1.98 bits per heavy atom. The van der Waals surface area contributed by atoms with E-state index in [0.29, 0.717) is 45.2 Å². The van der Waals surface area contributed by atoms with E-state index in [-0.39, 0.29) is 16.7 Å². The van der Waals surface area contributed by atoms with Crippen molar-refractivity contribution in [3.63, 3.8) is 0 Å². The summed E-state index contributed by atoms with van der Waals surface area (Å²) < 4.78 is 25.0. The highest BCUT2D eigenvalue weighted by Gasteiger charge is 2.16. The summed E-state index contributed by atoms with van der Waals surface area (Å²) in [5.74, 6) is -1.21. The predicted molar refractivity (Wildman–Crippen MR) is 147 cm³/mol. The zero-order valence-corrected chi connectivity index (χ0v) is 22.7. The van der Waals surface area contributed by atoms with Crippen molar-refractivity contribution in [2.45, 2.75) is 6.92 Å². The number of methoxy groups -OCH3 is 1. The van der Waals surface area contributed by atoms with Crippen LogP contribution in [-0.4, -0.2) is 64.4 Å². The molecule has 0 atom stereocenters. The van der Waals surface area contributed by atoms with Gasteiger partial charge in [0.05, 0.1) is 29.0 Å². The smallest absolute Gasteiger partial charge is 0.331 e. The minimum atomic E-state index is -0.835. The molecule has 0 saturated heterocycles. The van der Waals surface area contributed by atoms with Crippen LogP contribution >= 0.6 is 11.6 Å². The lowest BCUT2D eigenvalue weighted by Crippen LogP contribution is -2.16. The lowest BCUT2D eigenvalue weighted by atomic mass is 10.1. The van der Waals surface area contributed by atoms with E-state index in [2.05, 4.69) is 25.7 Å². The van der Waals surface area contributed by atoms with E-state index in [1.807, 2.05) is 19.0 Å². The van der Waals surface area contributed by atoms with Gasteiger partial charge in [-0.15, -0.1) is 0 Å². The molecule has 0 unspecified atom stereocenters. The molecule has 0 aliphatic heterocycles. The van der Waals surface area contributed by atoms with Crippen LogP contribution in [0.4, 0.5) is 21.6 Å². The van der Waals surface area contributed by atoms with Gasteiger partial charge >= 0.3 is 5.97 Å². The molecule has 40 heavy (non-hydrogen) atoms. The highest BCUT2D eigenvalue weighted by atomic mass is 35.5. The van der Waals surface area contributed by atoms with Crippen LogP contribution in [0.2, 0.25) is 5.02 Å². The maximum Gasteiger partial charge on any atom is 0.331 e. The number of nitrogens with one attached hydrogen (secondary N) is 2. The number of carbonyl (C=O) groups is 2. The van der Waals surface area contributed by atoms with E-state index in [4.69, 9.17) is 25.9 Å². The summed E-state index contributed by atoms with van der Waals surface area (Å²) in [6.07, 6.45) is 5.43. The molecule has 0 aliphatic carbocycles. The molecule has 208 valence electrons. The van der Waals surface area contributed by atoms with E-state index < -0.39 is 17.7 Å². The normalized spacial score (nSPS) is 11.2. The highest BCUT2D eigenvalue weighted by Crippen LogP contribution is 2.36. The zero-order valence-electron chi connectivity index (χ0n) is 21.9. The maximum atomic E-state index is 14.1. The topological polar surface area (TPSA) is 133 Å². The highest BCUT2D eigenvalue weighted by molar-refractivity contribution is 6.33. The second-order valence-corrected chi connectivity index (χ2v) is 8.99. The van der Waals surface area contributed by atoms with Crippen molar-refractivity contribution in [3.05, 3.63) is 65.8 Å². The first-order chi connectivity index (χ1) is 19.1. The van der Waals surface area contributed by atoms with Gasteiger partial charge in [-0.05, 0) is 32.3 Å². The summed E-state index contributed by atoms with van der Waals surface area (Å²) in [4.78, 5) is 39.4. The Bertz CT molecular complexity index is 1590. The molecule has 2 aromatic heterocycles. The van der Waals surface area contributed by atoms with Crippen molar-refractivity contribution < 1.29 is 28.3 Å². The van der Waals surface area contributed by atoms with E-state index in [0.717, 1.165) is 13.1 Å². The van der Waals surface area contributed by atoms with Crippen molar-refractivity contribution in [2.75, 3.05) is 38.4 Å². The van der Waals surface area contributed by atoms with Gasteiger partial charge in [-0.1, -0.05) is 27.6 Å². The second-order valence-electron chi connectivity index (χ2n) is 8.58. The fourth-order valence-electron chi connectivity index (χ4n) is 3.46. The first kappa shape index (κ1) is 28.3. The number of anilines is 3. The second kappa shape index (κ2) is 12.4. The van der Waals surface area contributed by atoms with Crippen LogP contribution in [0.25, 0.3) is 10.9 Å². The van der Waals surface area contributed by atoms with Crippen LogP contribution in [0, 0.1) is 5.82 Å². The third kappa shape index (κ3) is 7.01. The molecule has 0 bridgehead atoms. The lowest BCUT2D eigenvalue weighted by Gasteiger charge is -2.14. The Balaban J connectivity index is 1.57. The number of hydrogen-bond donors (Lipinski definition) is 2. The van der Waals surface area contributed by atoms with Crippen LogP contribution in [-0.2, 0) is 9.59 Å². The molecule has 2 N–H and O–H groups in total. The van der Waals surface area contributed by atoms with Crippen molar-refractivity contribution >= 4 is 51.6 Å². The van der Waals surface area contributed by atoms with E-state index in [9.17, 15) is 14.0 Å². The van der Waals surface area contributed by atoms with Gasteiger partial charge in [-0.25, -0.2) is 14.8 Å². The molecule has 0 fully saturated rings. The standard InChI is InChI=1S/C26H25ClFN7O5/c1-15(36)40-35-13-19(28)26(33-35)39-16-7-8-20(18(27)10-16)32-25-17-11-22(31-24(37)6-5-9-34(2)3)23(38-4)12-21(17)29-14-30-25/h5-8,10-14H,9H2,1-4H3,(H,31,37)(H,29,30,32)/b6-5+. The van der Waals surface area contributed by atoms with Crippen molar-refractivity contribution in [2.24, 2.45) is 0 Å². The Morgan fingerprint density at radius 3 is 2.67 bits per heavy atom. The fraction of sp³-hybridized carbons (Fsp3) is 0.192. The summed E-state index contributed by atoms with van der Waals surface area (Å²) >= 11 is 6.47. The fourth-order valence-corrected chi connectivity index (χ4v) is 3.68. The number of rotatable bonds is 10. The number of benzene rings is 2. The summed E-state index contributed by atoms with van der Waals surface area (Å²) in [7, 11) is 5.30. The van der Waals surface area contributed by atoms with Crippen LogP contribution in [0.5, 0.6) is 17.4 Å². The van der Waals surface area contributed by atoms with Crippen LogP contribution in [0.15, 0.2) is 55.0 Å². The SMILES string of the molecule is COc1cc2ncnc(Nc3ccc(Oc4nn(OC(C)=O)cc4F)cc3Cl)c2cc1NC(=O)/C=C/CN(C)C. The zero-order chi connectivity index (χ0) is 28.8. The molecular weight excluding hydrogens is 545 g/mol. The first-order valence-corrected chi connectivity index (χ1v) is 12.1. The minimum Gasteiger partial charge on any atom is -0.494 e. The Kier molecular flexibility index (Phi) is 8.76. The molecule has 0 aliphatic rings. The lowest BCUT2D eigenvalue weighted by molar-refractivity contribution is -0.143. The van der Waals surface area contributed by atoms with Crippen LogP contribution in [0.1, 0.15) is 6.92 Å². The largest absolute Gasteiger partial charge is 0.494 e. The van der Waals surface area contributed by atoms with Gasteiger partial charge in [0.1, 0.15) is 29.8 Å².